The minimum absolute atomic E-state index is 0.712. The molecule has 2 aromatic rings. The number of rotatable bonds is 7. The Morgan fingerprint density at radius 3 is 2.90 bits per heavy atom. The summed E-state index contributed by atoms with van der Waals surface area (Å²) < 4.78 is 5.80. The number of hydrogen-bond acceptors (Lipinski definition) is 4. The topological polar surface area (TPSA) is 38.5 Å². The van der Waals surface area contributed by atoms with Crippen molar-refractivity contribution >= 4 is 17.0 Å². The van der Waals surface area contributed by atoms with Crippen LogP contribution in [0.25, 0.3) is 0 Å². The summed E-state index contributed by atoms with van der Waals surface area (Å²) in [6, 6.07) is 10.6. The van der Waals surface area contributed by atoms with Crippen LogP contribution in [-0.4, -0.2) is 24.1 Å². The molecule has 3 rings (SSSR count). The van der Waals surface area contributed by atoms with E-state index >= 15 is 0 Å². The average molecular weight is 288 g/mol. The molecule has 4 heteroatoms. The van der Waals surface area contributed by atoms with Crippen LogP contribution in [0.5, 0.6) is 5.75 Å². The van der Waals surface area contributed by atoms with Crippen LogP contribution >= 0.6 is 11.3 Å². The molecule has 1 aliphatic carbocycles. The Hall–Kier alpha value is -1.52. The van der Waals surface area contributed by atoms with Crippen LogP contribution < -0.4 is 10.5 Å². The number of nitrogen functional groups attached to an aromatic ring is 1. The third-order valence-corrected chi connectivity index (χ3v) is 4.27. The molecular weight excluding hydrogens is 268 g/mol. The van der Waals surface area contributed by atoms with Gasteiger partial charge in [-0.15, -0.1) is 0 Å². The normalized spacial score (nSPS) is 14.7. The summed E-state index contributed by atoms with van der Waals surface area (Å²) in [5, 5.41) is 4.37. The zero-order valence-corrected chi connectivity index (χ0v) is 12.3. The lowest BCUT2D eigenvalue weighted by atomic mass is 10.3. The molecule has 1 fully saturated rings. The Labute approximate surface area is 124 Å². The maximum Gasteiger partial charge on any atom is 0.121 e. The number of nitrogens with zero attached hydrogens (tertiary/aromatic N) is 1. The van der Waals surface area contributed by atoms with Crippen LogP contribution in [0.4, 0.5) is 5.69 Å². The largest absolute Gasteiger partial charge is 0.492 e. The van der Waals surface area contributed by atoms with Crippen molar-refractivity contribution in [3.05, 3.63) is 46.7 Å². The maximum atomic E-state index is 5.80. The Bertz CT molecular complexity index is 537. The third kappa shape index (κ3) is 3.74. The zero-order chi connectivity index (χ0) is 13.8. The number of benzene rings is 1. The van der Waals surface area contributed by atoms with Crippen LogP contribution in [-0.2, 0) is 6.54 Å². The summed E-state index contributed by atoms with van der Waals surface area (Å²) in [5.41, 5.74) is 7.91. The van der Waals surface area contributed by atoms with Crippen LogP contribution in [0, 0.1) is 0 Å². The molecule has 0 amide bonds. The Morgan fingerprint density at radius 1 is 1.30 bits per heavy atom. The fraction of sp³-hybridized carbons (Fsp3) is 0.375. The summed E-state index contributed by atoms with van der Waals surface area (Å²) >= 11 is 1.76. The lowest BCUT2D eigenvalue weighted by molar-refractivity contribution is 0.195. The first-order valence-electron chi connectivity index (χ1n) is 7.05. The first kappa shape index (κ1) is 13.5. The van der Waals surface area contributed by atoms with Crippen LogP contribution in [0.3, 0.4) is 0 Å². The maximum absolute atomic E-state index is 5.80. The summed E-state index contributed by atoms with van der Waals surface area (Å²) in [4.78, 5) is 2.52. The molecule has 1 aromatic heterocycles. The molecule has 2 N–H and O–H groups in total. The van der Waals surface area contributed by atoms with Crippen molar-refractivity contribution in [1.29, 1.82) is 0 Å². The fourth-order valence-corrected chi connectivity index (χ4v) is 2.99. The molecule has 0 radical (unpaired) electrons. The van der Waals surface area contributed by atoms with E-state index in [0.29, 0.717) is 6.61 Å². The van der Waals surface area contributed by atoms with Gasteiger partial charge in [-0.2, -0.15) is 11.3 Å². The Morgan fingerprint density at radius 2 is 2.20 bits per heavy atom. The third-order valence-electron chi connectivity index (χ3n) is 3.53. The number of anilines is 1. The number of thiophene rings is 1. The molecule has 106 valence electrons. The van der Waals surface area contributed by atoms with Gasteiger partial charge in [-0.3, -0.25) is 4.90 Å². The smallest absolute Gasteiger partial charge is 0.121 e. The number of ether oxygens (including phenoxy) is 1. The number of hydrogen-bond donors (Lipinski definition) is 1. The molecule has 1 aliphatic rings. The fourth-order valence-electron chi connectivity index (χ4n) is 2.33. The predicted octanol–water partition coefficient (Wildman–Crippen LogP) is 3.37. The van der Waals surface area contributed by atoms with Gasteiger partial charge in [0.2, 0.25) is 0 Å². The van der Waals surface area contributed by atoms with Crippen molar-refractivity contribution in [2.45, 2.75) is 25.4 Å². The van der Waals surface area contributed by atoms with Gasteiger partial charge in [0.25, 0.3) is 0 Å². The summed E-state index contributed by atoms with van der Waals surface area (Å²) in [6.45, 7) is 2.72. The highest BCUT2D eigenvalue weighted by Crippen LogP contribution is 2.28. The molecular formula is C16H20N2OS. The molecule has 0 saturated heterocycles. The minimum atomic E-state index is 0.712. The van der Waals surface area contributed by atoms with Gasteiger partial charge in [0.1, 0.15) is 12.4 Å². The number of nitrogens with two attached hydrogens (primary N) is 1. The Balaban J connectivity index is 1.50. The highest BCUT2D eigenvalue weighted by Gasteiger charge is 2.28. The molecule has 1 heterocycles. The summed E-state index contributed by atoms with van der Waals surface area (Å²) in [5.74, 6) is 0.858. The first-order valence-corrected chi connectivity index (χ1v) is 7.99. The Kier molecular flexibility index (Phi) is 4.23. The monoisotopic (exact) mass is 288 g/mol. The molecule has 0 atom stereocenters. The molecule has 3 nitrogen and oxygen atoms in total. The molecule has 0 unspecified atom stereocenters. The molecule has 1 saturated carbocycles. The molecule has 20 heavy (non-hydrogen) atoms. The van der Waals surface area contributed by atoms with E-state index in [1.165, 1.54) is 18.4 Å². The highest BCUT2D eigenvalue weighted by molar-refractivity contribution is 7.07. The van der Waals surface area contributed by atoms with E-state index in [1.807, 2.05) is 24.3 Å². The predicted molar refractivity (Wildman–Crippen MR) is 84.1 cm³/mol. The van der Waals surface area contributed by atoms with Crippen molar-refractivity contribution in [2.24, 2.45) is 0 Å². The molecule has 0 aliphatic heterocycles. The van der Waals surface area contributed by atoms with Gasteiger partial charge in [-0.25, -0.2) is 0 Å². The van der Waals surface area contributed by atoms with Gasteiger partial charge in [0, 0.05) is 30.9 Å². The molecule has 1 aromatic carbocycles. The van der Waals surface area contributed by atoms with E-state index < -0.39 is 0 Å². The van der Waals surface area contributed by atoms with Gasteiger partial charge in [0.15, 0.2) is 0 Å². The van der Waals surface area contributed by atoms with E-state index in [9.17, 15) is 0 Å². The van der Waals surface area contributed by atoms with Crippen molar-refractivity contribution in [3.8, 4) is 5.75 Å². The van der Waals surface area contributed by atoms with Crippen molar-refractivity contribution < 1.29 is 4.74 Å². The SMILES string of the molecule is Nc1cccc(OCCN(Cc2ccsc2)C2CC2)c1. The second-order valence-electron chi connectivity index (χ2n) is 5.25. The average Bonchev–Trinajstić information content (AvgIpc) is 3.16. The minimum Gasteiger partial charge on any atom is -0.492 e. The van der Waals surface area contributed by atoms with Crippen LogP contribution in [0.15, 0.2) is 41.1 Å². The van der Waals surface area contributed by atoms with Crippen molar-refractivity contribution in [3.63, 3.8) is 0 Å². The van der Waals surface area contributed by atoms with Crippen LogP contribution in [0.2, 0.25) is 0 Å². The quantitative estimate of drug-likeness (QED) is 0.794. The van der Waals surface area contributed by atoms with Gasteiger partial charge in [-0.05, 0) is 47.4 Å². The van der Waals surface area contributed by atoms with E-state index in [1.54, 1.807) is 11.3 Å². The first-order chi connectivity index (χ1) is 9.81. The van der Waals surface area contributed by atoms with Gasteiger partial charge < -0.3 is 10.5 Å². The highest BCUT2D eigenvalue weighted by atomic mass is 32.1. The second-order valence-corrected chi connectivity index (χ2v) is 6.03. The van der Waals surface area contributed by atoms with Gasteiger partial charge >= 0.3 is 0 Å². The summed E-state index contributed by atoms with van der Waals surface area (Å²) in [6.07, 6.45) is 2.64. The van der Waals surface area contributed by atoms with Gasteiger partial charge in [0.05, 0.1) is 0 Å². The van der Waals surface area contributed by atoms with Crippen LogP contribution in [0.1, 0.15) is 18.4 Å². The molecule has 0 spiro atoms. The molecule has 0 bridgehead atoms. The van der Waals surface area contributed by atoms with Gasteiger partial charge in [-0.1, -0.05) is 6.07 Å². The van der Waals surface area contributed by atoms with E-state index in [0.717, 1.165) is 30.6 Å². The van der Waals surface area contributed by atoms with Crippen molar-refractivity contribution in [2.75, 3.05) is 18.9 Å². The second kappa shape index (κ2) is 6.29. The lowest BCUT2D eigenvalue weighted by Gasteiger charge is -2.21. The standard InChI is InChI=1S/C16H20N2OS/c17-14-2-1-3-16(10-14)19-8-7-18(15-4-5-15)11-13-6-9-20-12-13/h1-3,6,9-10,12,15H,4-5,7-8,11,17H2. The zero-order valence-electron chi connectivity index (χ0n) is 11.5. The van der Waals surface area contributed by atoms with E-state index in [4.69, 9.17) is 10.5 Å². The van der Waals surface area contributed by atoms with Crippen molar-refractivity contribution in [1.82, 2.24) is 4.90 Å². The summed E-state index contributed by atoms with van der Waals surface area (Å²) in [7, 11) is 0. The lowest BCUT2D eigenvalue weighted by Crippen LogP contribution is -2.30. The van der Waals surface area contributed by atoms with E-state index in [-0.39, 0.29) is 0 Å². The van der Waals surface area contributed by atoms with E-state index in [2.05, 4.69) is 21.7 Å².